The molecule has 1 aliphatic rings. The second-order valence-corrected chi connectivity index (χ2v) is 7.62. The van der Waals surface area contributed by atoms with Gasteiger partial charge in [0, 0.05) is 24.6 Å². The molecule has 1 atom stereocenters. The van der Waals surface area contributed by atoms with E-state index >= 15 is 0 Å². The van der Waals surface area contributed by atoms with Crippen LogP contribution >= 0.6 is 0 Å². The number of benzene rings is 2. The van der Waals surface area contributed by atoms with Crippen LogP contribution in [0.15, 0.2) is 42.5 Å². The fraction of sp³-hybridized carbons (Fsp3) is 0.417. The number of nitrogens with zero attached hydrogens (tertiary/aromatic N) is 1. The summed E-state index contributed by atoms with van der Waals surface area (Å²) in [6.45, 7) is 3.02. The highest BCUT2D eigenvalue weighted by Crippen LogP contribution is 2.38. The second kappa shape index (κ2) is 10.2. The number of ether oxygens (including phenoxy) is 3. The van der Waals surface area contributed by atoms with Crippen LogP contribution in [0.3, 0.4) is 0 Å². The van der Waals surface area contributed by atoms with E-state index in [9.17, 15) is 9.59 Å². The molecule has 7 nitrogen and oxygen atoms in total. The molecule has 1 saturated heterocycles. The zero-order valence-electron chi connectivity index (χ0n) is 18.5. The minimum Gasteiger partial charge on any atom is -0.493 e. The van der Waals surface area contributed by atoms with Crippen molar-refractivity contribution in [2.24, 2.45) is 5.92 Å². The van der Waals surface area contributed by atoms with Gasteiger partial charge in [0.25, 0.3) is 5.91 Å². The van der Waals surface area contributed by atoms with Crippen LogP contribution in [0.2, 0.25) is 0 Å². The van der Waals surface area contributed by atoms with Crippen molar-refractivity contribution in [1.29, 1.82) is 0 Å². The second-order valence-electron chi connectivity index (χ2n) is 7.62. The van der Waals surface area contributed by atoms with Crippen molar-refractivity contribution in [1.82, 2.24) is 10.2 Å². The predicted molar refractivity (Wildman–Crippen MR) is 118 cm³/mol. The largest absolute Gasteiger partial charge is 0.493 e. The maximum atomic E-state index is 13.0. The van der Waals surface area contributed by atoms with E-state index in [1.165, 1.54) is 21.3 Å². The number of methoxy groups -OCH3 is 3. The van der Waals surface area contributed by atoms with Crippen LogP contribution in [-0.4, -0.2) is 51.1 Å². The number of carbonyl (C=O) groups excluding carboxylic acids is 2. The van der Waals surface area contributed by atoms with Crippen LogP contribution in [0, 0.1) is 5.92 Å². The summed E-state index contributed by atoms with van der Waals surface area (Å²) in [6.07, 6.45) is 1.26. The summed E-state index contributed by atoms with van der Waals surface area (Å²) in [7, 11) is 4.56. The summed E-state index contributed by atoms with van der Waals surface area (Å²) in [5.74, 6) is 1.15. The molecule has 3 rings (SSSR count). The SMILES string of the molecule is COc1cc(C(=O)N2CCC(C(=O)N[C@H](C)c3ccccc3)CC2)cc(OC)c1OC. The zero-order chi connectivity index (χ0) is 22.4. The van der Waals surface area contributed by atoms with Crippen LogP contribution in [-0.2, 0) is 4.79 Å². The Balaban J connectivity index is 1.61. The Labute approximate surface area is 183 Å². The third-order valence-electron chi connectivity index (χ3n) is 5.72. The summed E-state index contributed by atoms with van der Waals surface area (Å²) >= 11 is 0. The summed E-state index contributed by atoms with van der Waals surface area (Å²) in [5, 5.41) is 3.10. The topological polar surface area (TPSA) is 77.1 Å². The van der Waals surface area contributed by atoms with Crippen molar-refractivity contribution >= 4 is 11.8 Å². The van der Waals surface area contributed by atoms with Gasteiger partial charge in [0.05, 0.1) is 27.4 Å². The molecular formula is C24H30N2O5. The number of piperidine rings is 1. The molecule has 1 fully saturated rings. The highest BCUT2D eigenvalue weighted by atomic mass is 16.5. The van der Waals surface area contributed by atoms with E-state index in [0.717, 1.165) is 5.56 Å². The van der Waals surface area contributed by atoms with Gasteiger partial charge >= 0.3 is 0 Å². The van der Waals surface area contributed by atoms with E-state index in [1.54, 1.807) is 17.0 Å². The van der Waals surface area contributed by atoms with Gasteiger partial charge in [0.2, 0.25) is 11.7 Å². The van der Waals surface area contributed by atoms with Gasteiger partial charge in [-0.15, -0.1) is 0 Å². The monoisotopic (exact) mass is 426 g/mol. The molecule has 1 aliphatic heterocycles. The number of hydrogen-bond donors (Lipinski definition) is 1. The van der Waals surface area contributed by atoms with Crippen molar-refractivity contribution in [3.63, 3.8) is 0 Å². The molecular weight excluding hydrogens is 396 g/mol. The molecule has 2 aromatic rings. The van der Waals surface area contributed by atoms with Crippen LogP contribution in [0.5, 0.6) is 17.2 Å². The first-order valence-corrected chi connectivity index (χ1v) is 10.4. The van der Waals surface area contributed by atoms with Gasteiger partial charge in [-0.25, -0.2) is 0 Å². The Morgan fingerprint density at radius 3 is 2.06 bits per heavy atom. The van der Waals surface area contributed by atoms with Gasteiger partial charge in [-0.2, -0.15) is 0 Å². The molecule has 1 N–H and O–H groups in total. The Hall–Kier alpha value is -3.22. The van der Waals surface area contributed by atoms with Crippen LogP contribution in [0.25, 0.3) is 0 Å². The van der Waals surface area contributed by atoms with E-state index in [1.807, 2.05) is 37.3 Å². The lowest BCUT2D eigenvalue weighted by Gasteiger charge is -2.32. The molecule has 0 spiro atoms. The summed E-state index contributed by atoms with van der Waals surface area (Å²) in [4.78, 5) is 27.5. The van der Waals surface area contributed by atoms with E-state index in [-0.39, 0.29) is 23.8 Å². The van der Waals surface area contributed by atoms with Crippen molar-refractivity contribution in [3.8, 4) is 17.2 Å². The third kappa shape index (κ3) is 5.10. The van der Waals surface area contributed by atoms with Crippen LogP contribution in [0.1, 0.15) is 41.7 Å². The number of nitrogens with one attached hydrogen (secondary N) is 1. The molecule has 31 heavy (non-hydrogen) atoms. The van der Waals surface area contributed by atoms with Crippen LogP contribution in [0.4, 0.5) is 0 Å². The molecule has 1 heterocycles. The number of amides is 2. The number of hydrogen-bond acceptors (Lipinski definition) is 5. The van der Waals surface area contributed by atoms with Gasteiger partial charge in [-0.05, 0) is 37.5 Å². The van der Waals surface area contributed by atoms with Gasteiger partial charge < -0.3 is 24.4 Å². The Bertz CT molecular complexity index is 882. The standard InChI is InChI=1S/C24H30N2O5/c1-16(17-8-6-5-7-9-17)25-23(27)18-10-12-26(13-11-18)24(28)19-14-20(29-2)22(31-4)21(15-19)30-3/h5-9,14-16,18H,10-13H2,1-4H3,(H,25,27)/t16-/m1/s1. The Morgan fingerprint density at radius 1 is 0.968 bits per heavy atom. The Morgan fingerprint density at radius 2 is 1.55 bits per heavy atom. The molecule has 0 unspecified atom stereocenters. The molecule has 7 heteroatoms. The lowest BCUT2D eigenvalue weighted by molar-refractivity contribution is -0.126. The minimum atomic E-state index is -0.115. The van der Waals surface area contributed by atoms with Gasteiger partial charge in [0.1, 0.15) is 0 Å². The van der Waals surface area contributed by atoms with Gasteiger partial charge in [-0.3, -0.25) is 9.59 Å². The molecule has 0 aromatic heterocycles. The maximum Gasteiger partial charge on any atom is 0.254 e. The first kappa shape index (κ1) is 22.5. The third-order valence-corrected chi connectivity index (χ3v) is 5.72. The lowest BCUT2D eigenvalue weighted by atomic mass is 9.94. The van der Waals surface area contributed by atoms with Crippen molar-refractivity contribution in [3.05, 3.63) is 53.6 Å². The first-order chi connectivity index (χ1) is 15.0. The average Bonchev–Trinajstić information content (AvgIpc) is 2.83. The van der Waals surface area contributed by atoms with Crippen LogP contribution < -0.4 is 19.5 Å². The molecule has 166 valence electrons. The molecule has 0 aliphatic carbocycles. The van der Waals surface area contributed by atoms with E-state index < -0.39 is 0 Å². The smallest absolute Gasteiger partial charge is 0.254 e. The zero-order valence-corrected chi connectivity index (χ0v) is 18.5. The highest BCUT2D eigenvalue weighted by molar-refractivity contribution is 5.96. The average molecular weight is 427 g/mol. The lowest BCUT2D eigenvalue weighted by Crippen LogP contribution is -2.43. The normalized spacial score (nSPS) is 15.2. The maximum absolute atomic E-state index is 13.0. The minimum absolute atomic E-state index is 0.0382. The molecule has 0 radical (unpaired) electrons. The summed E-state index contributed by atoms with van der Waals surface area (Å²) in [5.41, 5.74) is 1.54. The predicted octanol–water partition coefficient (Wildman–Crippen LogP) is 3.44. The quantitative estimate of drug-likeness (QED) is 0.734. The fourth-order valence-electron chi connectivity index (χ4n) is 3.89. The molecule has 0 saturated carbocycles. The van der Waals surface area contributed by atoms with E-state index in [4.69, 9.17) is 14.2 Å². The van der Waals surface area contributed by atoms with Gasteiger partial charge in [0.15, 0.2) is 11.5 Å². The van der Waals surface area contributed by atoms with Crippen molar-refractivity contribution < 1.29 is 23.8 Å². The van der Waals surface area contributed by atoms with E-state index in [0.29, 0.717) is 48.7 Å². The molecule has 2 aromatic carbocycles. The highest BCUT2D eigenvalue weighted by Gasteiger charge is 2.29. The van der Waals surface area contributed by atoms with Crippen molar-refractivity contribution in [2.45, 2.75) is 25.8 Å². The van der Waals surface area contributed by atoms with E-state index in [2.05, 4.69) is 5.32 Å². The number of carbonyl (C=O) groups is 2. The summed E-state index contributed by atoms with van der Waals surface area (Å²) < 4.78 is 16.0. The van der Waals surface area contributed by atoms with Crippen molar-refractivity contribution in [2.75, 3.05) is 34.4 Å². The van der Waals surface area contributed by atoms with Gasteiger partial charge in [-0.1, -0.05) is 30.3 Å². The number of rotatable bonds is 7. The first-order valence-electron chi connectivity index (χ1n) is 10.4. The number of likely N-dealkylation sites (tertiary alicyclic amines) is 1. The molecule has 2 amide bonds. The summed E-state index contributed by atoms with van der Waals surface area (Å²) in [6, 6.07) is 13.2. The Kier molecular flexibility index (Phi) is 7.39. The molecule has 0 bridgehead atoms. The fourth-order valence-corrected chi connectivity index (χ4v) is 3.89.